The van der Waals surface area contributed by atoms with Gasteiger partial charge in [0.25, 0.3) is 0 Å². The summed E-state index contributed by atoms with van der Waals surface area (Å²) in [5, 5.41) is 21.1. The Morgan fingerprint density at radius 3 is 2.79 bits per heavy atom. The fraction of sp³-hybridized carbons (Fsp3) is 0.652. The first-order valence-electron chi connectivity index (χ1n) is 10.6. The first kappa shape index (κ1) is 23.1. The van der Waals surface area contributed by atoms with Crippen molar-refractivity contribution in [3.8, 4) is 5.75 Å². The second kappa shape index (κ2) is 10.7. The van der Waals surface area contributed by atoms with Crippen LogP contribution in [-0.4, -0.2) is 34.3 Å². The Kier molecular flexibility index (Phi) is 8.82. The summed E-state index contributed by atoms with van der Waals surface area (Å²) in [5.74, 6) is 2.93. The number of benzene rings is 1. The van der Waals surface area contributed by atoms with E-state index in [9.17, 15) is 10.2 Å². The van der Waals surface area contributed by atoms with Crippen molar-refractivity contribution in [2.75, 3.05) is 5.75 Å². The van der Waals surface area contributed by atoms with Crippen LogP contribution in [0.4, 0.5) is 0 Å². The molecule has 3 aliphatic rings. The minimum Gasteiger partial charge on any atom is -0.488 e. The van der Waals surface area contributed by atoms with E-state index in [2.05, 4.69) is 31.2 Å². The van der Waals surface area contributed by atoms with Crippen molar-refractivity contribution in [1.82, 2.24) is 0 Å². The number of thioether (sulfide) groups is 1. The monoisotopic (exact) mass is 615 g/mol. The summed E-state index contributed by atoms with van der Waals surface area (Å²) in [4.78, 5) is 1.21. The third kappa shape index (κ3) is 5.02. The Labute approximate surface area is 209 Å². The molecule has 1 heterocycles. The SMILES string of the molecule is CCSc1cccc2c1O[C@H]1C[C@@H](O)[C@H](/C=C/C(O)CC3CCCCC3)[C@@H]21.[Ac]. The summed E-state index contributed by atoms with van der Waals surface area (Å²) in [6.07, 6.45) is 11.3. The molecule has 0 amide bonds. The van der Waals surface area contributed by atoms with E-state index < -0.39 is 12.2 Å². The molecule has 4 rings (SSSR count). The van der Waals surface area contributed by atoms with Gasteiger partial charge in [-0.05, 0) is 24.2 Å². The van der Waals surface area contributed by atoms with Crippen LogP contribution < -0.4 is 4.74 Å². The van der Waals surface area contributed by atoms with Gasteiger partial charge in [-0.3, -0.25) is 0 Å². The van der Waals surface area contributed by atoms with Crippen molar-refractivity contribution < 1.29 is 59.0 Å². The average molecular weight is 616 g/mol. The smallest absolute Gasteiger partial charge is 0.136 e. The molecule has 28 heavy (non-hydrogen) atoms. The Bertz CT molecular complexity index is 674. The summed E-state index contributed by atoms with van der Waals surface area (Å²) >= 11 is 1.81. The van der Waals surface area contributed by atoms with Gasteiger partial charge in [0.1, 0.15) is 11.9 Å². The van der Waals surface area contributed by atoms with Crippen molar-refractivity contribution >= 4 is 11.8 Å². The number of hydrogen-bond donors (Lipinski definition) is 2. The van der Waals surface area contributed by atoms with Gasteiger partial charge in [0.05, 0.1) is 12.2 Å². The predicted octanol–water partition coefficient (Wildman–Crippen LogP) is 4.91. The maximum absolute atomic E-state index is 10.6. The Hall–Kier alpha value is 0.472. The van der Waals surface area contributed by atoms with Crippen LogP contribution in [0.2, 0.25) is 0 Å². The second-order valence-corrected chi connectivity index (χ2v) is 9.67. The molecule has 1 unspecified atom stereocenters. The summed E-state index contributed by atoms with van der Waals surface area (Å²) in [6.45, 7) is 2.16. The van der Waals surface area contributed by atoms with E-state index in [1.165, 1.54) is 42.6 Å². The largest absolute Gasteiger partial charge is 0.488 e. The standard InChI is InChI=1S/C23H32O3S.Ac/c1-2-27-21-10-6-9-18-22-17(19(25)14-20(22)26-23(18)21)12-11-16(24)13-15-7-4-3-5-8-15;/h6,9-12,15-17,19-20,22,24-25H,2-5,7-8,13-14H2,1H3;/b12-11+;/t16?,17-,19+,20-,22-;/m0./s1. The zero-order chi connectivity index (χ0) is 18.8. The fourth-order valence-electron chi connectivity index (χ4n) is 5.25. The van der Waals surface area contributed by atoms with Crippen LogP contribution >= 0.6 is 11.8 Å². The van der Waals surface area contributed by atoms with E-state index in [0.717, 1.165) is 17.9 Å². The third-order valence-electron chi connectivity index (χ3n) is 6.53. The molecule has 2 saturated carbocycles. The molecule has 2 aliphatic carbocycles. The summed E-state index contributed by atoms with van der Waals surface area (Å²) in [5.41, 5.74) is 1.23. The normalized spacial score (nSPS) is 30.5. The van der Waals surface area contributed by atoms with Crippen LogP contribution in [0.15, 0.2) is 35.2 Å². The van der Waals surface area contributed by atoms with E-state index in [1.807, 2.05) is 17.8 Å². The molecule has 151 valence electrons. The predicted molar refractivity (Wildman–Crippen MR) is 110 cm³/mol. The number of aliphatic hydroxyl groups excluding tert-OH is 2. The minimum atomic E-state index is -0.400. The fourth-order valence-corrected chi connectivity index (χ4v) is 6.03. The maximum Gasteiger partial charge on any atom is 0.136 e. The van der Waals surface area contributed by atoms with Crippen LogP contribution in [0.3, 0.4) is 0 Å². The number of para-hydroxylation sites is 1. The van der Waals surface area contributed by atoms with Crippen LogP contribution in [0.5, 0.6) is 5.75 Å². The molecule has 1 radical (unpaired) electrons. The molecular formula is C23H32AcO3S. The van der Waals surface area contributed by atoms with E-state index in [0.29, 0.717) is 12.3 Å². The molecule has 5 atom stereocenters. The molecule has 5 heteroatoms. The average Bonchev–Trinajstić information content (AvgIpc) is 3.17. The molecule has 0 aromatic heterocycles. The first-order valence-corrected chi connectivity index (χ1v) is 11.6. The maximum atomic E-state index is 10.6. The van der Waals surface area contributed by atoms with Gasteiger partial charge in [0.15, 0.2) is 0 Å². The van der Waals surface area contributed by atoms with E-state index in [4.69, 9.17) is 4.74 Å². The zero-order valence-corrected chi connectivity index (χ0v) is 22.4. The molecule has 2 fully saturated rings. The van der Waals surface area contributed by atoms with Gasteiger partial charge in [-0.25, -0.2) is 0 Å². The van der Waals surface area contributed by atoms with Gasteiger partial charge in [0, 0.05) is 72.8 Å². The molecule has 1 aliphatic heterocycles. The summed E-state index contributed by atoms with van der Waals surface area (Å²) in [7, 11) is 0. The van der Waals surface area contributed by atoms with Gasteiger partial charge in [-0.1, -0.05) is 63.3 Å². The van der Waals surface area contributed by atoms with Crippen molar-refractivity contribution in [2.24, 2.45) is 11.8 Å². The van der Waals surface area contributed by atoms with Crippen LogP contribution in [0, 0.1) is 55.9 Å². The van der Waals surface area contributed by atoms with Gasteiger partial charge >= 0.3 is 0 Å². The molecule has 3 nitrogen and oxygen atoms in total. The second-order valence-electron chi connectivity index (χ2n) is 8.36. The molecule has 2 N–H and O–H groups in total. The minimum absolute atomic E-state index is 0. The number of ether oxygens (including phenoxy) is 1. The van der Waals surface area contributed by atoms with E-state index >= 15 is 0 Å². The van der Waals surface area contributed by atoms with Crippen molar-refractivity contribution in [2.45, 2.75) is 81.0 Å². The molecule has 0 spiro atoms. The van der Waals surface area contributed by atoms with Gasteiger partial charge in [-0.2, -0.15) is 0 Å². The van der Waals surface area contributed by atoms with Crippen molar-refractivity contribution in [1.29, 1.82) is 0 Å². The molecular weight excluding hydrogens is 583 g/mol. The third-order valence-corrected chi connectivity index (χ3v) is 7.45. The quantitative estimate of drug-likeness (QED) is 0.353. The Morgan fingerprint density at radius 2 is 2.04 bits per heavy atom. The van der Waals surface area contributed by atoms with E-state index in [1.54, 1.807) is 0 Å². The summed E-state index contributed by atoms with van der Waals surface area (Å²) < 4.78 is 6.27. The Balaban J connectivity index is 0.00000225. The van der Waals surface area contributed by atoms with Crippen molar-refractivity contribution in [3.05, 3.63) is 35.9 Å². The Morgan fingerprint density at radius 1 is 1.25 bits per heavy atom. The molecule has 0 saturated heterocycles. The summed E-state index contributed by atoms with van der Waals surface area (Å²) in [6, 6.07) is 6.38. The first-order chi connectivity index (χ1) is 13.2. The van der Waals surface area contributed by atoms with Crippen LogP contribution in [0.1, 0.15) is 63.4 Å². The van der Waals surface area contributed by atoms with Gasteiger partial charge in [-0.15, -0.1) is 11.8 Å². The van der Waals surface area contributed by atoms with Crippen LogP contribution in [-0.2, 0) is 0 Å². The number of hydrogen-bond acceptors (Lipinski definition) is 4. The topological polar surface area (TPSA) is 49.7 Å². The number of aliphatic hydroxyl groups is 2. The zero-order valence-electron chi connectivity index (χ0n) is 16.8. The van der Waals surface area contributed by atoms with Gasteiger partial charge in [0.2, 0.25) is 0 Å². The van der Waals surface area contributed by atoms with Crippen LogP contribution in [0.25, 0.3) is 0 Å². The molecule has 0 bridgehead atoms. The number of rotatable bonds is 6. The number of fused-ring (bicyclic) bond motifs is 3. The van der Waals surface area contributed by atoms with E-state index in [-0.39, 0.29) is 62.0 Å². The van der Waals surface area contributed by atoms with Gasteiger partial charge < -0.3 is 14.9 Å². The van der Waals surface area contributed by atoms with Crippen molar-refractivity contribution in [3.63, 3.8) is 0 Å². The molecule has 1 aromatic rings. The molecule has 1 aromatic carbocycles.